The van der Waals surface area contributed by atoms with E-state index in [0.717, 1.165) is 32.1 Å². The monoisotopic (exact) mass is 859 g/mol. The van der Waals surface area contributed by atoms with E-state index < -0.39 is 87.8 Å². The van der Waals surface area contributed by atoms with Crippen LogP contribution in [-0.2, 0) is 33.4 Å². The number of carbonyl (C=O) groups excluding carboxylic acids is 4. The summed E-state index contributed by atoms with van der Waals surface area (Å²) in [6.07, 6.45) is 29.2. The standard InChI is InChI=1S/C52H74O10/c1-9-10-11-12-13-14-15-16-17-18-19-20-21-22-23-24-25-26-27-28-43(55)62-46-41(54)29-36(6)40-31-42-50-33-60-52(59,48(50)49(40,46)8)45(56)37(7)44(50)39(47(57)61-42)30-38(53)32-51(58,34(2)3)35(4)5/h10-11,13-14,16-17,19-20,22-23,25-26,29,34-35,37,39-40,42,44-46,48,56,58-59H,9,12,15,18,21,24,27-28,30-33H2,1-8H3/b11-10-,14-13-,17-16-,20-19-,23-22-,26-25-/t37-,39?,40+,42-,44?,45-,46-,48?,49-,50+,52?/m1/s1. The molecule has 0 amide bonds. The second kappa shape index (κ2) is 20.9. The second-order valence-corrected chi connectivity index (χ2v) is 19.4. The first-order chi connectivity index (χ1) is 29.4. The molecule has 342 valence electrons. The van der Waals surface area contributed by atoms with Crippen molar-refractivity contribution in [2.75, 3.05) is 6.61 Å². The Morgan fingerprint density at radius 1 is 0.903 bits per heavy atom. The summed E-state index contributed by atoms with van der Waals surface area (Å²) >= 11 is 0. The van der Waals surface area contributed by atoms with Crippen molar-refractivity contribution in [1.29, 1.82) is 0 Å². The van der Waals surface area contributed by atoms with Crippen molar-refractivity contribution in [3.63, 3.8) is 0 Å². The zero-order chi connectivity index (χ0) is 45.5. The van der Waals surface area contributed by atoms with Gasteiger partial charge in [-0.25, -0.2) is 0 Å². The van der Waals surface area contributed by atoms with E-state index in [1.54, 1.807) is 6.92 Å². The Bertz CT molecular complexity index is 1820. The largest absolute Gasteiger partial charge is 0.461 e. The molecule has 0 radical (unpaired) electrons. The maximum Gasteiger partial charge on any atom is 0.309 e. The van der Waals surface area contributed by atoms with E-state index in [0.29, 0.717) is 24.8 Å². The van der Waals surface area contributed by atoms with Gasteiger partial charge in [0.15, 0.2) is 17.7 Å². The molecule has 0 aromatic carbocycles. The second-order valence-electron chi connectivity index (χ2n) is 19.4. The molecule has 3 aliphatic carbocycles. The Labute approximate surface area is 370 Å². The molecular formula is C52H74O10. The van der Waals surface area contributed by atoms with E-state index in [4.69, 9.17) is 14.2 Å². The van der Waals surface area contributed by atoms with E-state index in [9.17, 15) is 34.5 Å². The molecule has 2 heterocycles. The number of hydrogen-bond acceptors (Lipinski definition) is 10. The molecule has 10 heteroatoms. The van der Waals surface area contributed by atoms with Gasteiger partial charge in [-0.15, -0.1) is 0 Å². The van der Waals surface area contributed by atoms with Crippen molar-refractivity contribution < 1.29 is 48.7 Å². The number of Topliss-reactive ketones (excluding diaryl/α,β-unsaturated/α-hetero) is 1. The topological polar surface area (TPSA) is 157 Å². The van der Waals surface area contributed by atoms with Crippen LogP contribution in [0.15, 0.2) is 84.6 Å². The minimum absolute atomic E-state index is 0.0395. The number of allylic oxidation sites excluding steroid dienone is 13. The lowest BCUT2D eigenvalue weighted by molar-refractivity contribution is -0.337. The number of aliphatic hydroxyl groups excluding tert-OH is 1. The fraction of sp³-hybridized carbons (Fsp3) is 0.654. The average molecular weight is 859 g/mol. The lowest BCUT2D eigenvalue weighted by Crippen LogP contribution is -2.77. The van der Waals surface area contributed by atoms with Gasteiger partial charge in [-0.3, -0.25) is 19.2 Å². The van der Waals surface area contributed by atoms with Gasteiger partial charge >= 0.3 is 11.9 Å². The normalized spacial score (nSPS) is 34.7. The molecule has 2 saturated heterocycles. The van der Waals surface area contributed by atoms with Crippen molar-refractivity contribution in [2.24, 2.45) is 52.3 Å². The zero-order valence-corrected chi connectivity index (χ0v) is 38.5. The van der Waals surface area contributed by atoms with E-state index in [1.807, 2.05) is 53.7 Å². The van der Waals surface area contributed by atoms with Crippen LogP contribution in [0, 0.1) is 52.3 Å². The molecule has 2 saturated carbocycles. The van der Waals surface area contributed by atoms with Gasteiger partial charge in [-0.1, -0.05) is 127 Å². The number of rotatable bonds is 21. The van der Waals surface area contributed by atoms with Gasteiger partial charge in [-0.05, 0) is 94.0 Å². The molecule has 3 N–H and O–H groups in total. The summed E-state index contributed by atoms with van der Waals surface area (Å²) in [5.74, 6) is -8.21. The van der Waals surface area contributed by atoms with Crippen LogP contribution >= 0.6 is 0 Å². The minimum Gasteiger partial charge on any atom is -0.461 e. The molecule has 10 nitrogen and oxygen atoms in total. The fourth-order valence-corrected chi connectivity index (χ4v) is 11.9. The fourth-order valence-electron chi connectivity index (χ4n) is 11.9. The molecule has 0 aromatic heterocycles. The zero-order valence-electron chi connectivity index (χ0n) is 38.5. The minimum atomic E-state index is -2.15. The van der Waals surface area contributed by atoms with Crippen molar-refractivity contribution in [1.82, 2.24) is 0 Å². The Morgan fingerprint density at radius 2 is 1.44 bits per heavy atom. The van der Waals surface area contributed by atoms with Crippen LogP contribution in [0.2, 0.25) is 0 Å². The molecule has 2 bridgehead atoms. The van der Waals surface area contributed by atoms with Crippen LogP contribution in [-0.4, -0.2) is 75.1 Å². The van der Waals surface area contributed by atoms with Crippen LogP contribution in [0.4, 0.5) is 0 Å². The SMILES string of the molecule is CC/C=C\C/C=C\C/C=C\C/C=C\C/C=C\C/C=C\CCC(=O)O[C@@H]1C(=O)C=C(C)[C@@H]2C[C@H]3OC(=O)C(CC(=O)CC(O)(C(C)C)C(C)C)C4[C@@H](C)[C@@H](O)C5(O)OC[C@@]43C5[C@@]12C. The van der Waals surface area contributed by atoms with Gasteiger partial charge in [0.05, 0.1) is 18.1 Å². The highest BCUT2D eigenvalue weighted by molar-refractivity contribution is 5.97. The Balaban J connectivity index is 1.24. The number of hydrogen-bond donors (Lipinski definition) is 3. The molecule has 5 aliphatic rings. The molecule has 62 heavy (non-hydrogen) atoms. The third-order valence-corrected chi connectivity index (χ3v) is 15.1. The Hall–Kier alpha value is -3.70. The Morgan fingerprint density at radius 3 is 1.97 bits per heavy atom. The number of ketones is 2. The highest BCUT2D eigenvalue weighted by Gasteiger charge is 2.83. The summed E-state index contributed by atoms with van der Waals surface area (Å²) in [5, 5.41) is 36.0. The van der Waals surface area contributed by atoms with E-state index in [1.165, 1.54) is 6.08 Å². The van der Waals surface area contributed by atoms with Gasteiger partial charge in [0.1, 0.15) is 18.0 Å². The molecule has 0 aromatic rings. The van der Waals surface area contributed by atoms with Gasteiger partial charge in [0.25, 0.3) is 0 Å². The van der Waals surface area contributed by atoms with Crippen molar-refractivity contribution in [3.05, 3.63) is 84.6 Å². The van der Waals surface area contributed by atoms with Crippen LogP contribution < -0.4 is 0 Å². The highest BCUT2D eigenvalue weighted by atomic mass is 16.7. The van der Waals surface area contributed by atoms with Gasteiger partial charge in [0.2, 0.25) is 0 Å². The maximum absolute atomic E-state index is 14.0. The number of fused-ring (bicyclic) bond motifs is 1. The smallest absolute Gasteiger partial charge is 0.309 e. The van der Waals surface area contributed by atoms with Crippen LogP contribution in [0.5, 0.6) is 0 Å². The van der Waals surface area contributed by atoms with Crippen molar-refractivity contribution in [3.8, 4) is 0 Å². The van der Waals surface area contributed by atoms with Crippen LogP contribution in [0.1, 0.15) is 126 Å². The van der Waals surface area contributed by atoms with Gasteiger partial charge < -0.3 is 29.5 Å². The Kier molecular flexibility index (Phi) is 16.6. The lowest BCUT2D eigenvalue weighted by Gasteiger charge is -2.68. The summed E-state index contributed by atoms with van der Waals surface area (Å²) < 4.78 is 18.7. The third kappa shape index (κ3) is 9.69. The molecule has 5 rings (SSSR count). The number of aliphatic hydroxyl groups is 3. The molecule has 4 unspecified atom stereocenters. The molecular weight excluding hydrogens is 785 g/mol. The van der Waals surface area contributed by atoms with E-state index >= 15 is 0 Å². The predicted molar refractivity (Wildman–Crippen MR) is 240 cm³/mol. The third-order valence-electron chi connectivity index (χ3n) is 15.1. The predicted octanol–water partition coefficient (Wildman–Crippen LogP) is 8.81. The lowest BCUT2D eigenvalue weighted by atomic mass is 9.37. The number of ether oxygens (including phenoxy) is 3. The first-order valence-electron chi connectivity index (χ1n) is 23.2. The first-order valence-corrected chi connectivity index (χ1v) is 23.2. The maximum atomic E-state index is 14.0. The van der Waals surface area contributed by atoms with Crippen molar-refractivity contribution in [2.45, 2.75) is 156 Å². The first kappa shape index (κ1) is 49.3. The van der Waals surface area contributed by atoms with Crippen molar-refractivity contribution >= 4 is 23.5 Å². The summed E-state index contributed by atoms with van der Waals surface area (Å²) in [5.41, 5.74) is -2.93. The van der Waals surface area contributed by atoms with Crippen LogP contribution in [0.25, 0.3) is 0 Å². The number of carbonyl (C=O) groups is 4. The summed E-state index contributed by atoms with van der Waals surface area (Å²) in [7, 11) is 0. The highest BCUT2D eigenvalue weighted by Crippen LogP contribution is 2.74. The molecule has 4 fully saturated rings. The summed E-state index contributed by atoms with van der Waals surface area (Å²) in [6.45, 7) is 14.9. The van der Waals surface area contributed by atoms with Gasteiger partial charge in [-0.2, -0.15) is 0 Å². The average Bonchev–Trinajstić information content (AvgIpc) is 3.50. The van der Waals surface area contributed by atoms with Gasteiger partial charge in [0, 0.05) is 36.0 Å². The van der Waals surface area contributed by atoms with Crippen LogP contribution in [0.3, 0.4) is 0 Å². The van der Waals surface area contributed by atoms with E-state index in [-0.39, 0.29) is 43.5 Å². The summed E-state index contributed by atoms with van der Waals surface area (Å²) in [4.78, 5) is 55.5. The number of esters is 2. The summed E-state index contributed by atoms with van der Waals surface area (Å²) in [6, 6.07) is 0. The molecule has 2 aliphatic heterocycles. The molecule has 11 atom stereocenters. The van der Waals surface area contributed by atoms with E-state index in [2.05, 4.69) is 67.7 Å². The quantitative estimate of drug-likeness (QED) is 0.0753. The molecule has 1 spiro atoms.